The van der Waals surface area contributed by atoms with Crippen LogP contribution in [0.4, 0.5) is 13.2 Å². The molecule has 0 aromatic rings. The standard InChI is InChI=1S/C7H11F3.C5H10O2.C2H6/c8-7(9,10)6-4-2-1-3-5-6;1-5-2-6-4-7-3-5;1-2/h6H,1-5H2;5H,2-4H2,1H3;1-2H3. The predicted octanol–water partition coefficient (Wildman–Crippen LogP) is 4.78. The normalized spacial score (nSPS) is 21.8. The third-order valence-corrected chi connectivity index (χ3v) is 3.04. The number of halogens is 3. The topological polar surface area (TPSA) is 18.5 Å². The van der Waals surface area contributed by atoms with E-state index in [4.69, 9.17) is 9.47 Å². The molecule has 0 amide bonds. The first-order chi connectivity index (χ1) is 9.00. The maximum absolute atomic E-state index is 11.9. The molecule has 1 saturated heterocycles. The fourth-order valence-corrected chi connectivity index (χ4v) is 2.04. The summed E-state index contributed by atoms with van der Waals surface area (Å²) in [4.78, 5) is 0. The van der Waals surface area contributed by atoms with E-state index in [2.05, 4.69) is 6.92 Å². The molecule has 1 aliphatic carbocycles. The van der Waals surface area contributed by atoms with Gasteiger partial charge in [0.1, 0.15) is 6.79 Å². The molecule has 0 aromatic heterocycles. The molecule has 0 spiro atoms. The lowest BCUT2D eigenvalue weighted by Gasteiger charge is -2.23. The van der Waals surface area contributed by atoms with E-state index in [0.717, 1.165) is 32.5 Å². The zero-order chi connectivity index (χ0) is 14.7. The molecule has 0 aromatic carbocycles. The zero-order valence-corrected chi connectivity index (χ0v) is 12.3. The third kappa shape index (κ3) is 9.27. The highest BCUT2D eigenvalue weighted by Crippen LogP contribution is 2.37. The molecule has 1 saturated carbocycles. The second-order valence-electron chi connectivity index (χ2n) is 4.84. The van der Waals surface area contributed by atoms with E-state index in [0.29, 0.717) is 25.6 Å². The van der Waals surface area contributed by atoms with Gasteiger partial charge >= 0.3 is 6.18 Å². The minimum absolute atomic E-state index is 0.351. The Balaban J connectivity index is 0.000000316. The van der Waals surface area contributed by atoms with Crippen LogP contribution in [0.15, 0.2) is 0 Å². The van der Waals surface area contributed by atoms with Gasteiger partial charge < -0.3 is 9.47 Å². The summed E-state index contributed by atoms with van der Waals surface area (Å²) >= 11 is 0. The summed E-state index contributed by atoms with van der Waals surface area (Å²) in [6, 6.07) is 0. The van der Waals surface area contributed by atoms with Gasteiger partial charge in [0.15, 0.2) is 0 Å². The molecule has 19 heavy (non-hydrogen) atoms. The Morgan fingerprint density at radius 3 is 1.63 bits per heavy atom. The molecule has 0 bridgehead atoms. The van der Waals surface area contributed by atoms with Crippen LogP contribution in [0, 0.1) is 11.8 Å². The lowest BCUT2D eigenvalue weighted by Crippen LogP contribution is -2.24. The Morgan fingerprint density at radius 2 is 1.37 bits per heavy atom. The van der Waals surface area contributed by atoms with Gasteiger partial charge in [0.2, 0.25) is 0 Å². The van der Waals surface area contributed by atoms with E-state index in [9.17, 15) is 13.2 Å². The minimum atomic E-state index is -3.93. The Labute approximate surface area is 114 Å². The van der Waals surface area contributed by atoms with Gasteiger partial charge in [-0.1, -0.05) is 40.0 Å². The van der Waals surface area contributed by atoms with Crippen molar-refractivity contribution in [3.8, 4) is 0 Å². The lowest BCUT2D eigenvalue weighted by atomic mass is 9.89. The van der Waals surface area contributed by atoms with Crippen molar-refractivity contribution in [1.29, 1.82) is 0 Å². The molecule has 0 atom stereocenters. The molecule has 2 fully saturated rings. The molecule has 5 heteroatoms. The summed E-state index contributed by atoms with van der Waals surface area (Å²) in [5, 5.41) is 0. The SMILES string of the molecule is CC.CC1COCOC1.FC(F)(F)C1CCCCC1. The van der Waals surface area contributed by atoms with Gasteiger partial charge in [-0.15, -0.1) is 0 Å². The van der Waals surface area contributed by atoms with Crippen LogP contribution in [0.25, 0.3) is 0 Å². The van der Waals surface area contributed by atoms with Gasteiger partial charge in [0, 0.05) is 5.92 Å². The molecular formula is C14H27F3O2. The van der Waals surface area contributed by atoms with Gasteiger partial charge in [-0.05, 0) is 12.8 Å². The summed E-state index contributed by atoms with van der Waals surface area (Å²) in [6.45, 7) is 8.32. The van der Waals surface area contributed by atoms with Crippen LogP contribution in [0.5, 0.6) is 0 Å². The fraction of sp³-hybridized carbons (Fsp3) is 1.00. The second-order valence-corrected chi connectivity index (χ2v) is 4.84. The zero-order valence-electron chi connectivity index (χ0n) is 12.3. The van der Waals surface area contributed by atoms with Crippen molar-refractivity contribution < 1.29 is 22.6 Å². The molecule has 1 heterocycles. The molecule has 2 nitrogen and oxygen atoms in total. The number of hydrogen-bond acceptors (Lipinski definition) is 2. The number of hydrogen-bond donors (Lipinski definition) is 0. The molecule has 2 rings (SSSR count). The van der Waals surface area contributed by atoms with Gasteiger partial charge in [0.05, 0.1) is 19.1 Å². The Hall–Kier alpha value is -0.290. The number of rotatable bonds is 0. The summed E-state index contributed by atoms with van der Waals surface area (Å²) in [7, 11) is 0. The third-order valence-electron chi connectivity index (χ3n) is 3.04. The van der Waals surface area contributed by atoms with Gasteiger partial charge in [-0.2, -0.15) is 13.2 Å². The van der Waals surface area contributed by atoms with Crippen LogP contribution in [0.1, 0.15) is 52.9 Å². The summed E-state index contributed by atoms with van der Waals surface area (Å²) in [5.41, 5.74) is 0. The largest absolute Gasteiger partial charge is 0.391 e. The molecule has 0 radical (unpaired) electrons. The predicted molar refractivity (Wildman–Crippen MR) is 69.9 cm³/mol. The minimum Gasteiger partial charge on any atom is -0.355 e. The fourth-order valence-electron chi connectivity index (χ4n) is 2.04. The van der Waals surface area contributed by atoms with Crippen LogP contribution in [0.2, 0.25) is 0 Å². The summed E-state index contributed by atoms with van der Waals surface area (Å²) < 4.78 is 45.7. The molecule has 2 aliphatic rings. The lowest BCUT2D eigenvalue weighted by molar-refractivity contribution is -0.181. The van der Waals surface area contributed by atoms with Crippen molar-refractivity contribution in [2.75, 3.05) is 20.0 Å². The van der Waals surface area contributed by atoms with Crippen molar-refractivity contribution in [1.82, 2.24) is 0 Å². The second kappa shape index (κ2) is 10.5. The van der Waals surface area contributed by atoms with E-state index in [1.807, 2.05) is 13.8 Å². The smallest absolute Gasteiger partial charge is 0.355 e. The first-order valence-corrected chi connectivity index (χ1v) is 7.22. The first-order valence-electron chi connectivity index (χ1n) is 7.22. The maximum atomic E-state index is 11.9. The monoisotopic (exact) mass is 284 g/mol. The van der Waals surface area contributed by atoms with Gasteiger partial charge in [-0.3, -0.25) is 0 Å². The van der Waals surface area contributed by atoms with Crippen molar-refractivity contribution in [2.24, 2.45) is 11.8 Å². The van der Waals surface area contributed by atoms with Crippen LogP contribution >= 0.6 is 0 Å². The first kappa shape index (κ1) is 18.7. The van der Waals surface area contributed by atoms with Gasteiger partial charge in [-0.25, -0.2) is 0 Å². The Bertz CT molecular complexity index is 195. The van der Waals surface area contributed by atoms with Crippen molar-refractivity contribution in [3.63, 3.8) is 0 Å². The van der Waals surface area contributed by atoms with Crippen molar-refractivity contribution in [2.45, 2.75) is 59.1 Å². The van der Waals surface area contributed by atoms with Crippen LogP contribution in [0.3, 0.4) is 0 Å². The molecule has 0 N–H and O–H groups in total. The quantitative estimate of drug-likeness (QED) is 0.637. The van der Waals surface area contributed by atoms with Gasteiger partial charge in [0.25, 0.3) is 0 Å². The van der Waals surface area contributed by atoms with Crippen LogP contribution in [-0.4, -0.2) is 26.2 Å². The van der Waals surface area contributed by atoms with E-state index in [-0.39, 0.29) is 0 Å². The Morgan fingerprint density at radius 1 is 0.895 bits per heavy atom. The highest BCUT2D eigenvalue weighted by atomic mass is 19.4. The molecule has 1 aliphatic heterocycles. The average molecular weight is 284 g/mol. The van der Waals surface area contributed by atoms with E-state index < -0.39 is 12.1 Å². The van der Waals surface area contributed by atoms with E-state index in [1.54, 1.807) is 0 Å². The molecule has 0 unspecified atom stereocenters. The van der Waals surface area contributed by atoms with Crippen LogP contribution in [-0.2, 0) is 9.47 Å². The van der Waals surface area contributed by atoms with Crippen molar-refractivity contribution >= 4 is 0 Å². The Kier molecular flexibility index (Phi) is 10.3. The summed E-state index contributed by atoms with van der Waals surface area (Å²) in [5.74, 6) is -0.407. The number of ether oxygens (including phenoxy) is 2. The van der Waals surface area contributed by atoms with E-state index >= 15 is 0 Å². The highest BCUT2D eigenvalue weighted by molar-refractivity contribution is 4.71. The van der Waals surface area contributed by atoms with Crippen molar-refractivity contribution in [3.05, 3.63) is 0 Å². The average Bonchev–Trinajstić information content (AvgIpc) is 2.43. The highest BCUT2D eigenvalue weighted by Gasteiger charge is 2.39. The molecule has 116 valence electrons. The number of alkyl halides is 3. The van der Waals surface area contributed by atoms with Crippen LogP contribution < -0.4 is 0 Å². The summed E-state index contributed by atoms with van der Waals surface area (Å²) in [6.07, 6.45) is -0.742. The maximum Gasteiger partial charge on any atom is 0.391 e. The molecular weight excluding hydrogens is 257 g/mol. The van der Waals surface area contributed by atoms with E-state index in [1.165, 1.54) is 0 Å².